The molecule has 46 valence electrons. The van der Waals surface area contributed by atoms with Crippen molar-refractivity contribution in [3.8, 4) is 0 Å². The van der Waals surface area contributed by atoms with Crippen molar-refractivity contribution in [2.75, 3.05) is 20.1 Å². The molecule has 0 bridgehead atoms. The zero-order chi connectivity index (χ0) is 5.56. The van der Waals surface area contributed by atoms with Crippen LogP contribution in [0.15, 0.2) is 0 Å². The molecular weight excluding hydrogens is 98.1 g/mol. The highest BCUT2D eigenvalue weighted by Crippen LogP contribution is 2.40. The number of nitrogens with zero attached hydrogens (tertiary/aromatic N) is 1. The predicted molar refractivity (Wildman–Crippen MR) is 33.7 cm³/mol. The first-order valence-corrected chi connectivity index (χ1v) is 3.55. The van der Waals surface area contributed by atoms with Crippen LogP contribution in [0.4, 0.5) is 0 Å². The molecule has 1 saturated carbocycles. The Morgan fingerprint density at radius 3 is 2.12 bits per heavy atom. The summed E-state index contributed by atoms with van der Waals surface area (Å²) in [5.41, 5.74) is 0. The lowest BCUT2D eigenvalue weighted by molar-refractivity contribution is 0.117. The van der Waals surface area contributed by atoms with Crippen LogP contribution in [0.2, 0.25) is 0 Å². The van der Waals surface area contributed by atoms with Gasteiger partial charge in [-0.3, -0.25) is 0 Å². The Morgan fingerprint density at radius 2 is 1.75 bits per heavy atom. The molecule has 2 aliphatic rings. The summed E-state index contributed by atoms with van der Waals surface area (Å²) in [6.45, 7) is 2.76. The molecule has 0 atom stereocenters. The Bertz CT molecular complexity index is 90.6. The minimum Gasteiger partial charge on any atom is -0.306 e. The van der Waals surface area contributed by atoms with E-state index < -0.39 is 0 Å². The minimum atomic E-state index is 1.10. The number of rotatable bonds is 1. The van der Waals surface area contributed by atoms with Gasteiger partial charge in [0, 0.05) is 13.1 Å². The summed E-state index contributed by atoms with van der Waals surface area (Å²) >= 11 is 0. The first-order valence-electron chi connectivity index (χ1n) is 3.55. The molecule has 2 fully saturated rings. The lowest BCUT2D eigenvalue weighted by atomic mass is 9.96. The van der Waals surface area contributed by atoms with E-state index in [4.69, 9.17) is 0 Å². The second-order valence-corrected chi connectivity index (χ2v) is 3.32. The summed E-state index contributed by atoms with van der Waals surface area (Å²) < 4.78 is 0. The van der Waals surface area contributed by atoms with Crippen LogP contribution in [-0.4, -0.2) is 25.0 Å². The van der Waals surface area contributed by atoms with Crippen LogP contribution in [0, 0.1) is 11.8 Å². The number of hydrogen-bond acceptors (Lipinski definition) is 1. The molecule has 1 saturated heterocycles. The first-order chi connectivity index (χ1) is 3.86. The standard InChI is InChI=1S/C7H13N/c1-8-4-7(5-8)6-2-3-6/h6-7H,2-5H2,1H3. The molecule has 0 unspecified atom stereocenters. The number of hydrogen-bond donors (Lipinski definition) is 0. The maximum absolute atomic E-state index is 2.41. The van der Waals surface area contributed by atoms with Crippen LogP contribution in [0.1, 0.15) is 12.8 Å². The monoisotopic (exact) mass is 111 g/mol. The second-order valence-electron chi connectivity index (χ2n) is 3.32. The van der Waals surface area contributed by atoms with E-state index in [1.54, 1.807) is 0 Å². The third-order valence-corrected chi connectivity index (χ3v) is 2.38. The maximum atomic E-state index is 2.41. The number of likely N-dealkylation sites (tertiary alicyclic amines) is 1. The summed E-state index contributed by atoms with van der Waals surface area (Å²) in [5.74, 6) is 2.24. The van der Waals surface area contributed by atoms with E-state index in [2.05, 4.69) is 11.9 Å². The zero-order valence-corrected chi connectivity index (χ0v) is 5.43. The minimum absolute atomic E-state index is 1.10. The van der Waals surface area contributed by atoms with Crippen LogP contribution in [0.25, 0.3) is 0 Å². The van der Waals surface area contributed by atoms with Crippen molar-refractivity contribution in [1.29, 1.82) is 0 Å². The maximum Gasteiger partial charge on any atom is 0.00216 e. The van der Waals surface area contributed by atoms with Gasteiger partial charge in [0.05, 0.1) is 0 Å². The van der Waals surface area contributed by atoms with Gasteiger partial charge in [-0.05, 0) is 31.7 Å². The molecule has 0 aromatic heterocycles. The van der Waals surface area contributed by atoms with Crippen LogP contribution in [0.5, 0.6) is 0 Å². The highest BCUT2D eigenvalue weighted by Gasteiger charge is 2.37. The molecular formula is C7H13N. The van der Waals surface area contributed by atoms with Crippen molar-refractivity contribution in [3.05, 3.63) is 0 Å². The fraction of sp³-hybridized carbons (Fsp3) is 1.00. The molecule has 8 heavy (non-hydrogen) atoms. The van der Waals surface area contributed by atoms with Crippen molar-refractivity contribution in [3.63, 3.8) is 0 Å². The van der Waals surface area contributed by atoms with E-state index in [1.807, 2.05) is 0 Å². The van der Waals surface area contributed by atoms with E-state index in [-0.39, 0.29) is 0 Å². The van der Waals surface area contributed by atoms with E-state index in [9.17, 15) is 0 Å². The van der Waals surface area contributed by atoms with Crippen LogP contribution >= 0.6 is 0 Å². The molecule has 1 heteroatoms. The fourth-order valence-electron chi connectivity index (χ4n) is 1.61. The second kappa shape index (κ2) is 1.47. The van der Waals surface area contributed by atoms with Gasteiger partial charge in [-0.15, -0.1) is 0 Å². The van der Waals surface area contributed by atoms with Crippen molar-refractivity contribution in [2.45, 2.75) is 12.8 Å². The summed E-state index contributed by atoms with van der Waals surface area (Å²) in [6.07, 6.45) is 3.05. The fourth-order valence-corrected chi connectivity index (χ4v) is 1.61. The summed E-state index contributed by atoms with van der Waals surface area (Å²) in [5, 5.41) is 0. The predicted octanol–water partition coefficient (Wildman–Crippen LogP) is 0.958. The van der Waals surface area contributed by atoms with Gasteiger partial charge in [0.1, 0.15) is 0 Å². The molecule has 1 nitrogen and oxygen atoms in total. The average molecular weight is 111 g/mol. The quantitative estimate of drug-likeness (QED) is 0.487. The molecule has 0 aromatic rings. The lowest BCUT2D eigenvalue weighted by Gasteiger charge is -2.36. The van der Waals surface area contributed by atoms with Gasteiger partial charge in [-0.2, -0.15) is 0 Å². The van der Waals surface area contributed by atoms with Gasteiger partial charge in [-0.25, -0.2) is 0 Å². The Labute approximate surface area is 50.7 Å². The molecule has 0 radical (unpaired) electrons. The zero-order valence-electron chi connectivity index (χ0n) is 5.43. The normalized spacial score (nSPS) is 32.6. The SMILES string of the molecule is CN1CC(C2CC2)C1. The summed E-state index contributed by atoms with van der Waals surface area (Å²) in [6, 6.07) is 0. The molecule has 0 aromatic carbocycles. The van der Waals surface area contributed by atoms with Gasteiger partial charge >= 0.3 is 0 Å². The van der Waals surface area contributed by atoms with E-state index in [0.717, 1.165) is 11.8 Å². The summed E-state index contributed by atoms with van der Waals surface area (Å²) in [4.78, 5) is 2.41. The molecule has 0 spiro atoms. The summed E-state index contributed by atoms with van der Waals surface area (Å²) in [7, 11) is 2.21. The average Bonchev–Trinajstić information content (AvgIpc) is 2.37. The highest BCUT2D eigenvalue weighted by molar-refractivity contribution is 4.89. The van der Waals surface area contributed by atoms with Gasteiger partial charge < -0.3 is 4.90 Å². The Hall–Kier alpha value is -0.0400. The highest BCUT2D eigenvalue weighted by atomic mass is 15.2. The smallest absolute Gasteiger partial charge is 0.00216 e. The molecule has 1 aliphatic heterocycles. The van der Waals surface area contributed by atoms with Crippen molar-refractivity contribution >= 4 is 0 Å². The molecule has 1 heterocycles. The van der Waals surface area contributed by atoms with Crippen molar-refractivity contribution in [2.24, 2.45) is 11.8 Å². The Kier molecular flexibility index (Phi) is 0.884. The topological polar surface area (TPSA) is 3.24 Å². The Morgan fingerprint density at radius 1 is 1.12 bits per heavy atom. The Balaban J connectivity index is 1.78. The third kappa shape index (κ3) is 0.655. The van der Waals surface area contributed by atoms with Crippen molar-refractivity contribution < 1.29 is 0 Å². The van der Waals surface area contributed by atoms with E-state index in [0.29, 0.717) is 0 Å². The van der Waals surface area contributed by atoms with E-state index in [1.165, 1.54) is 25.9 Å². The van der Waals surface area contributed by atoms with Gasteiger partial charge in [0.15, 0.2) is 0 Å². The molecule has 2 rings (SSSR count). The third-order valence-electron chi connectivity index (χ3n) is 2.38. The van der Waals surface area contributed by atoms with Crippen LogP contribution < -0.4 is 0 Å². The lowest BCUT2D eigenvalue weighted by Crippen LogP contribution is -2.44. The molecule has 1 aliphatic carbocycles. The van der Waals surface area contributed by atoms with Gasteiger partial charge in [0.2, 0.25) is 0 Å². The molecule has 0 N–H and O–H groups in total. The van der Waals surface area contributed by atoms with Crippen LogP contribution in [0.3, 0.4) is 0 Å². The first kappa shape index (κ1) is 4.80. The van der Waals surface area contributed by atoms with Gasteiger partial charge in [-0.1, -0.05) is 0 Å². The molecule has 0 amide bonds. The van der Waals surface area contributed by atoms with Gasteiger partial charge in [0.25, 0.3) is 0 Å². The van der Waals surface area contributed by atoms with E-state index >= 15 is 0 Å². The largest absolute Gasteiger partial charge is 0.306 e. The van der Waals surface area contributed by atoms with Crippen LogP contribution in [-0.2, 0) is 0 Å². The van der Waals surface area contributed by atoms with Crippen molar-refractivity contribution in [1.82, 2.24) is 4.90 Å².